The van der Waals surface area contributed by atoms with Gasteiger partial charge in [-0.15, -0.1) is 0 Å². The number of benzene rings is 1. The largest absolute Gasteiger partial charge is 0.336 e. The average Bonchev–Trinajstić information content (AvgIpc) is 2.49. The van der Waals surface area contributed by atoms with Crippen LogP contribution in [0.25, 0.3) is 0 Å². The molecule has 0 saturated carbocycles. The highest BCUT2D eigenvalue weighted by Gasteiger charge is 2.30. The van der Waals surface area contributed by atoms with Gasteiger partial charge < -0.3 is 10.2 Å². The summed E-state index contributed by atoms with van der Waals surface area (Å²) >= 11 is 0. The van der Waals surface area contributed by atoms with Gasteiger partial charge in [-0.2, -0.15) is 0 Å². The first kappa shape index (κ1) is 17.5. The first-order chi connectivity index (χ1) is 10.8. The topological polar surface area (TPSA) is 83.6 Å². The number of sulfone groups is 1. The molecule has 1 aromatic carbocycles. The van der Waals surface area contributed by atoms with Gasteiger partial charge in [0.1, 0.15) is 9.84 Å². The number of hydrogen-bond acceptors (Lipinski definition) is 4. The number of aryl methyl sites for hydroxylation is 1. The van der Waals surface area contributed by atoms with Crippen LogP contribution >= 0.6 is 0 Å². The lowest BCUT2D eigenvalue weighted by Crippen LogP contribution is -2.41. The van der Waals surface area contributed by atoms with E-state index in [1.165, 1.54) is 4.90 Å². The number of carbonyl (C=O) groups excluding carboxylic acids is 2. The monoisotopic (exact) mass is 338 g/mol. The minimum absolute atomic E-state index is 0.0457. The first-order valence-corrected chi connectivity index (χ1v) is 9.41. The van der Waals surface area contributed by atoms with Crippen molar-refractivity contribution in [2.24, 2.45) is 5.92 Å². The molecule has 1 aromatic rings. The zero-order valence-corrected chi connectivity index (χ0v) is 14.2. The van der Waals surface area contributed by atoms with Crippen LogP contribution in [0.4, 0.5) is 5.69 Å². The van der Waals surface area contributed by atoms with Gasteiger partial charge in [-0.25, -0.2) is 8.42 Å². The zero-order valence-electron chi connectivity index (χ0n) is 13.4. The van der Waals surface area contributed by atoms with Gasteiger partial charge in [0.25, 0.3) is 0 Å². The molecule has 23 heavy (non-hydrogen) atoms. The second-order valence-electron chi connectivity index (χ2n) is 6.03. The van der Waals surface area contributed by atoms with E-state index in [9.17, 15) is 18.0 Å². The van der Waals surface area contributed by atoms with Gasteiger partial charge in [0.05, 0.1) is 18.1 Å². The minimum atomic E-state index is -2.99. The SMILES string of the molecule is Cc1ccc(NC(=O)CN(C)C(=O)C2CCS(=O)(=O)CC2)cc1. The number of rotatable bonds is 4. The molecule has 1 saturated heterocycles. The molecule has 1 heterocycles. The van der Waals surface area contributed by atoms with Crippen LogP contribution in [0.1, 0.15) is 18.4 Å². The Hall–Kier alpha value is -1.89. The summed E-state index contributed by atoms with van der Waals surface area (Å²) < 4.78 is 22.8. The fourth-order valence-corrected chi connectivity index (χ4v) is 4.07. The molecule has 6 nitrogen and oxygen atoms in total. The number of carbonyl (C=O) groups is 2. The summed E-state index contributed by atoms with van der Waals surface area (Å²) in [5, 5.41) is 2.74. The molecule has 0 unspecified atom stereocenters. The standard InChI is InChI=1S/C16H22N2O4S/c1-12-3-5-14(6-4-12)17-15(19)11-18(2)16(20)13-7-9-23(21,22)10-8-13/h3-6,13H,7-11H2,1-2H3,(H,17,19). The third-order valence-electron chi connectivity index (χ3n) is 4.00. The number of likely N-dealkylation sites (N-methyl/N-ethyl adjacent to an activating group) is 1. The Labute approximate surface area is 136 Å². The Morgan fingerprint density at radius 2 is 1.74 bits per heavy atom. The van der Waals surface area contributed by atoms with E-state index in [2.05, 4.69) is 5.32 Å². The van der Waals surface area contributed by atoms with E-state index in [0.717, 1.165) is 5.56 Å². The summed E-state index contributed by atoms with van der Waals surface area (Å²) in [6, 6.07) is 7.40. The Kier molecular flexibility index (Phi) is 5.41. The van der Waals surface area contributed by atoms with Crippen LogP contribution in [0, 0.1) is 12.8 Å². The number of hydrogen-bond donors (Lipinski definition) is 1. The van der Waals surface area contributed by atoms with E-state index in [-0.39, 0.29) is 35.8 Å². The van der Waals surface area contributed by atoms with E-state index in [1.807, 2.05) is 19.1 Å². The molecular formula is C16H22N2O4S. The molecule has 2 rings (SSSR count). The maximum absolute atomic E-state index is 12.3. The molecule has 0 radical (unpaired) electrons. The van der Waals surface area contributed by atoms with Crippen molar-refractivity contribution in [3.63, 3.8) is 0 Å². The molecule has 2 amide bonds. The average molecular weight is 338 g/mol. The van der Waals surface area contributed by atoms with Gasteiger partial charge in [0.15, 0.2) is 0 Å². The van der Waals surface area contributed by atoms with E-state index < -0.39 is 9.84 Å². The Morgan fingerprint density at radius 1 is 1.17 bits per heavy atom. The lowest BCUT2D eigenvalue weighted by Gasteiger charge is -2.26. The number of nitrogens with one attached hydrogen (secondary N) is 1. The molecule has 126 valence electrons. The molecule has 1 fully saturated rings. The van der Waals surface area contributed by atoms with E-state index in [4.69, 9.17) is 0 Å². The van der Waals surface area contributed by atoms with E-state index >= 15 is 0 Å². The van der Waals surface area contributed by atoms with Gasteiger partial charge in [-0.3, -0.25) is 9.59 Å². The van der Waals surface area contributed by atoms with Gasteiger partial charge in [-0.1, -0.05) is 17.7 Å². The van der Waals surface area contributed by atoms with Crippen LogP contribution in [0.2, 0.25) is 0 Å². The van der Waals surface area contributed by atoms with E-state index in [1.54, 1.807) is 19.2 Å². The summed E-state index contributed by atoms with van der Waals surface area (Å²) in [6.45, 7) is 1.92. The number of nitrogens with zero attached hydrogens (tertiary/aromatic N) is 1. The van der Waals surface area contributed by atoms with Crippen molar-refractivity contribution >= 4 is 27.3 Å². The van der Waals surface area contributed by atoms with Crippen LogP contribution < -0.4 is 5.32 Å². The lowest BCUT2D eigenvalue weighted by molar-refractivity contribution is -0.137. The molecule has 1 N–H and O–H groups in total. The molecule has 1 aliphatic rings. The van der Waals surface area contributed by atoms with Gasteiger partial charge in [-0.05, 0) is 31.9 Å². The van der Waals surface area contributed by atoms with Crippen LogP contribution in [0.3, 0.4) is 0 Å². The maximum Gasteiger partial charge on any atom is 0.243 e. The van der Waals surface area contributed by atoms with Crippen molar-refractivity contribution < 1.29 is 18.0 Å². The summed E-state index contributed by atoms with van der Waals surface area (Å²) in [6.07, 6.45) is 0.677. The smallest absolute Gasteiger partial charge is 0.243 e. The fourth-order valence-electron chi connectivity index (χ4n) is 2.58. The number of anilines is 1. The maximum atomic E-state index is 12.3. The Morgan fingerprint density at radius 3 is 2.30 bits per heavy atom. The van der Waals surface area contributed by atoms with Gasteiger partial charge >= 0.3 is 0 Å². The van der Waals surface area contributed by atoms with Gasteiger partial charge in [0, 0.05) is 18.7 Å². The predicted molar refractivity (Wildman–Crippen MR) is 88.8 cm³/mol. The summed E-state index contributed by atoms with van der Waals surface area (Å²) in [7, 11) is -1.42. The quantitative estimate of drug-likeness (QED) is 0.894. The predicted octanol–water partition coefficient (Wildman–Crippen LogP) is 1.22. The van der Waals surface area contributed by atoms with Crippen LogP contribution in [0.5, 0.6) is 0 Å². The second kappa shape index (κ2) is 7.12. The molecule has 0 spiro atoms. The minimum Gasteiger partial charge on any atom is -0.336 e. The normalized spacial score (nSPS) is 17.5. The van der Waals surface area contributed by atoms with Crippen LogP contribution in [-0.4, -0.2) is 50.2 Å². The van der Waals surface area contributed by atoms with Crippen molar-refractivity contribution in [3.8, 4) is 0 Å². The molecule has 0 atom stereocenters. The van der Waals surface area contributed by atoms with Crippen LogP contribution in [-0.2, 0) is 19.4 Å². The lowest BCUT2D eigenvalue weighted by atomic mass is 10.0. The van der Waals surface area contributed by atoms with Crippen molar-refractivity contribution in [2.45, 2.75) is 19.8 Å². The molecular weight excluding hydrogens is 316 g/mol. The van der Waals surface area contributed by atoms with Crippen molar-refractivity contribution in [1.29, 1.82) is 0 Å². The number of amides is 2. The second-order valence-corrected chi connectivity index (χ2v) is 8.34. The third-order valence-corrected chi connectivity index (χ3v) is 5.71. The zero-order chi connectivity index (χ0) is 17.0. The summed E-state index contributed by atoms with van der Waals surface area (Å²) in [5.74, 6) is -0.651. The van der Waals surface area contributed by atoms with E-state index in [0.29, 0.717) is 18.5 Å². The van der Waals surface area contributed by atoms with Crippen LogP contribution in [0.15, 0.2) is 24.3 Å². The van der Waals surface area contributed by atoms with Gasteiger partial charge in [0.2, 0.25) is 11.8 Å². The molecule has 7 heteroatoms. The first-order valence-electron chi connectivity index (χ1n) is 7.59. The Balaban J connectivity index is 1.85. The summed E-state index contributed by atoms with van der Waals surface area (Å²) in [4.78, 5) is 25.7. The Bertz CT molecular complexity index is 669. The highest BCUT2D eigenvalue weighted by atomic mass is 32.2. The molecule has 0 aliphatic carbocycles. The van der Waals surface area contributed by atoms with Crippen molar-refractivity contribution in [1.82, 2.24) is 4.90 Å². The molecule has 0 bridgehead atoms. The third kappa shape index (κ3) is 5.06. The highest BCUT2D eigenvalue weighted by Crippen LogP contribution is 2.20. The molecule has 1 aliphatic heterocycles. The van der Waals surface area contributed by atoms with Crippen molar-refractivity contribution in [3.05, 3.63) is 29.8 Å². The van der Waals surface area contributed by atoms with Crippen molar-refractivity contribution in [2.75, 3.05) is 30.4 Å². The molecule has 0 aromatic heterocycles. The summed E-state index contributed by atoms with van der Waals surface area (Å²) in [5.41, 5.74) is 1.78. The highest BCUT2D eigenvalue weighted by molar-refractivity contribution is 7.91. The fraction of sp³-hybridized carbons (Fsp3) is 0.500.